The molecule has 1 atom stereocenters. The van der Waals surface area contributed by atoms with Crippen LogP contribution in [-0.4, -0.2) is 29.5 Å². The Kier molecular flexibility index (Phi) is 7.50. The van der Waals surface area contributed by atoms with E-state index in [4.69, 9.17) is 9.47 Å². The van der Waals surface area contributed by atoms with Crippen LogP contribution < -0.4 is 10.1 Å². The molecule has 2 aromatic carbocycles. The van der Waals surface area contributed by atoms with Crippen molar-refractivity contribution < 1.29 is 24.0 Å². The van der Waals surface area contributed by atoms with Crippen LogP contribution in [0.4, 0.5) is 11.4 Å². The van der Waals surface area contributed by atoms with Crippen molar-refractivity contribution >= 4 is 23.3 Å². The number of ether oxygens (including phenoxy) is 2. The minimum Gasteiger partial charge on any atom is -0.494 e. The number of benzene rings is 2. The highest BCUT2D eigenvalue weighted by Gasteiger charge is 2.22. The number of esters is 1. The zero-order valence-electron chi connectivity index (χ0n) is 15.7. The third-order valence-corrected chi connectivity index (χ3v) is 3.87. The molecule has 0 bridgehead atoms. The van der Waals surface area contributed by atoms with Crippen LogP contribution in [0.3, 0.4) is 0 Å². The van der Waals surface area contributed by atoms with Gasteiger partial charge in [-0.3, -0.25) is 14.9 Å². The van der Waals surface area contributed by atoms with E-state index in [2.05, 4.69) is 12.2 Å². The van der Waals surface area contributed by atoms with E-state index in [1.165, 1.54) is 25.1 Å². The third-order valence-electron chi connectivity index (χ3n) is 3.87. The van der Waals surface area contributed by atoms with Gasteiger partial charge >= 0.3 is 5.97 Å². The van der Waals surface area contributed by atoms with E-state index in [-0.39, 0.29) is 16.9 Å². The third kappa shape index (κ3) is 5.80. The maximum atomic E-state index is 12.2. The largest absolute Gasteiger partial charge is 0.494 e. The van der Waals surface area contributed by atoms with Crippen LogP contribution in [0.5, 0.6) is 5.75 Å². The fourth-order valence-electron chi connectivity index (χ4n) is 2.28. The van der Waals surface area contributed by atoms with Crippen molar-refractivity contribution in [1.29, 1.82) is 0 Å². The summed E-state index contributed by atoms with van der Waals surface area (Å²) in [5.74, 6) is -0.695. The van der Waals surface area contributed by atoms with E-state index in [9.17, 15) is 19.7 Å². The normalized spacial score (nSPS) is 11.4. The SMILES string of the molecule is CCCCOc1ccc(C(=O)O[C@@H](C)C(=O)Nc2ccccc2[N+](=O)[O-])cc1. The highest BCUT2D eigenvalue weighted by molar-refractivity contribution is 5.98. The Balaban J connectivity index is 1.94. The summed E-state index contributed by atoms with van der Waals surface area (Å²) < 4.78 is 10.7. The van der Waals surface area contributed by atoms with Crippen LogP contribution in [0, 0.1) is 10.1 Å². The molecule has 2 aromatic rings. The Bertz CT molecular complexity index is 835. The van der Waals surface area contributed by atoms with E-state index in [1.54, 1.807) is 30.3 Å². The van der Waals surface area contributed by atoms with Gasteiger partial charge in [-0.1, -0.05) is 25.5 Å². The maximum absolute atomic E-state index is 12.2. The molecule has 0 heterocycles. The van der Waals surface area contributed by atoms with Gasteiger partial charge < -0.3 is 14.8 Å². The number of nitro benzene ring substituents is 1. The van der Waals surface area contributed by atoms with Crippen LogP contribution in [0.25, 0.3) is 0 Å². The van der Waals surface area contributed by atoms with Gasteiger partial charge in [0.1, 0.15) is 11.4 Å². The molecule has 0 aliphatic rings. The molecule has 0 fully saturated rings. The van der Waals surface area contributed by atoms with Crippen molar-refractivity contribution in [1.82, 2.24) is 0 Å². The number of hydrogen-bond acceptors (Lipinski definition) is 6. The van der Waals surface area contributed by atoms with Crippen molar-refractivity contribution in [2.75, 3.05) is 11.9 Å². The van der Waals surface area contributed by atoms with E-state index >= 15 is 0 Å². The first-order chi connectivity index (χ1) is 13.4. The fraction of sp³-hybridized carbons (Fsp3) is 0.300. The molecule has 0 saturated heterocycles. The molecule has 2 rings (SSSR count). The second kappa shape index (κ2) is 10.1. The van der Waals surface area contributed by atoms with Crippen LogP contribution in [-0.2, 0) is 9.53 Å². The highest BCUT2D eigenvalue weighted by Crippen LogP contribution is 2.23. The van der Waals surface area contributed by atoms with Gasteiger partial charge in [-0.25, -0.2) is 4.79 Å². The fourth-order valence-corrected chi connectivity index (χ4v) is 2.28. The average Bonchev–Trinajstić information content (AvgIpc) is 2.68. The Morgan fingerprint density at radius 1 is 1.14 bits per heavy atom. The zero-order valence-corrected chi connectivity index (χ0v) is 15.7. The first-order valence-corrected chi connectivity index (χ1v) is 8.90. The van der Waals surface area contributed by atoms with E-state index < -0.39 is 22.9 Å². The van der Waals surface area contributed by atoms with Gasteiger partial charge in [-0.2, -0.15) is 0 Å². The van der Waals surface area contributed by atoms with Crippen LogP contribution in [0.1, 0.15) is 37.0 Å². The first-order valence-electron chi connectivity index (χ1n) is 8.90. The standard InChI is InChI=1S/C20H22N2O6/c1-3-4-13-27-16-11-9-15(10-12-16)20(24)28-14(2)19(23)21-17-7-5-6-8-18(17)22(25)26/h5-12,14H,3-4,13H2,1-2H3,(H,21,23)/t14-/m0/s1. The number of rotatable bonds is 9. The summed E-state index contributed by atoms with van der Waals surface area (Å²) in [6.07, 6.45) is 0.833. The van der Waals surface area contributed by atoms with Crippen molar-refractivity contribution in [2.45, 2.75) is 32.8 Å². The number of nitrogens with one attached hydrogen (secondary N) is 1. The number of carbonyl (C=O) groups excluding carboxylic acids is 2. The summed E-state index contributed by atoms with van der Waals surface area (Å²) in [7, 11) is 0. The lowest BCUT2D eigenvalue weighted by molar-refractivity contribution is -0.383. The van der Waals surface area contributed by atoms with Crippen LogP contribution in [0.15, 0.2) is 48.5 Å². The number of para-hydroxylation sites is 2. The first kappa shape index (κ1) is 20.9. The lowest BCUT2D eigenvalue weighted by Crippen LogP contribution is -2.30. The molecule has 0 radical (unpaired) electrons. The summed E-state index contributed by atoms with van der Waals surface area (Å²) >= 11 is 0. The Hall–Kier alpha value is -3.42. The topological polar surface area (TPSA) is 108 Å². The van der Waals surface area contributed by atoms with Gasteiger partial charge in [-0.15, -0.1) is 0 Å². The lowest BCUT2D eigenvalue weighted by Gasteiger charge is -2.14. The van der Waals surface area contributed by atoms with E-state index in [0.29, 0.717) is 12.4 Å². The van der Waals surface area contributed by atoms with Crippen molar-refractivity contribution in [3.8, 4) is 5.75 Å². The molecule has 0 aliphatic carbocycles. The van der Waals surface area contributed by atoms with Crippen LogP contribution in [0.2, 0.25) is 0 Å². The number of amides is 1. The summed E-state index contributed by atoms with van der Waals surface area (Å²) in [5, 5.41) is 13.4. The van der Waals surface area contributed by atoms with E-state index in [0.717, 1.165) is 12.8 Å². The van der Waals surface area contributed by atoms with Gasteiger partial charge in [-0.05, 0) is 43.7 Å². The van der Waals surface area contributed by atoms with Gasteiger partial charge in [0.25, 0.3) is 11.6 Å². The molecule has 0 unspecified atom stereocenters. The second-order valence-electron chi connectivity index (χ2n) is 6.04. The predicted octanol–water partition coefficient (Wildman–Crippen LogP) is 3.96. The molecular weight excluding hydrogens is 364 g/mol. The number of nitrogens with zero attached hydrogens (tertiary/aromatic N) is 1. The average molecular weight is 386 g/mol. The minimum atomic E-state index is -1.13. The molecule has 0 aromatic heterocycles. The zero-order chi connectivity index (χ0) is 20.5. The lowest BCUT2D eigenvalue weighted by atomic mass is 10.2. The molecule has 0 spiro atoms. The molecule has 0 aliphatic heterocycles. The number of hydrogen-bond donors (Lipinski definition) is 1. The summed E-state index contributed by atoms with van der Waals surface area (Å²) in [6, 6.07) is 12.1. The number of anilines is 1. The number of unbranched alkanes of at least 4 members (excludes halogenated alkanes) is 1. The summed E-state index contributed by atoms with van der Waals surface area (Å²) in [4.78, 5) is 34.8. The van der Waals surface area contributed by atoms with Gasteiger partial charge in [0, 0.05) is 6.07 Å². The van der Waals surface area contributed by atoms with Crippen molar-refractivity contribution in [2.24, 2.45) is 0 Å². The molecule has 1 amide bonds. The molecule has 0 saturated carbocycles. The summed E-state index contributed by atoms with van der Waals surface area (Å²) in [5.41, 5.74) is 0.0650. The molecule has 28 heavy (non-hydrogen) atoms. The molecule has 1 N–H and O–H groups in total. The summed E-state index contributed by atoms with van der Waals surface area (Å²) in [6.45, 7) is 4.06. The van der Waals surface area contributed by atoms with Crippen molar-refractivity contribution in [3.05, 3.63) is 64.2 Å². The second-order valence-corrected chi connectivity index (χ2v) is 6.04. The Morgan fingerprint density at radius 3 is 2.46 bits per heavy atom. The van der Waals surface area contributed by atoms with E-state index in [1.807, 2.05) is 0 Å². The number of nitro groups is 1. The Labute approximate surface area is 162 Å². The molecule has 148 valence electrons. The molecule has 8 nitrogen and oxygen atoms in total. The molecular formula is C20H22N2O6. The van der Waals surface area contributed by atoms with Crippen LogP contribution >= 0.6 is 0 Å². The van der Waals surface area contributed by atoms with Gasteiger partial charge in [0.15, 0.2) is 6.10 Å². The van der Waals surface area contributed by atoms with Crippen molar-refractivity contribution in [3.63, 3.8) is 0 Å². The Morgan fingerprint density at radius 2 is 1.82 bits per heavy atom. The smallest absolute Gasteiger partial charge is 0.338 e. The predicted molar refractivity (Wildman–Crippen MR) is 103 cm³/mol. The monoisotopic (exact) mass is 386 g/mol. The maximum Gasteiger partial charge on any atom is 0.338 e. The van der Waals surface area contributed by atoms with Gasteiger partial charge in [0.2, 0.25) is 0 Å². The quantitative estimate of drug-likeness (QED) is 0.302. The number of carbonyl (C=O) groups is 2. The van der Waals surface area contributed by atoms with Gasteiger partial charge in [0.05, 0.1) is 17.1 Å². The molecule has 8 heteroatoms. The highest BCUT2D eigenvalue weighted by atomic mass is 16.6. The minimum absolute atomic E-state index is 0.0361.